The van der Waals surface area contributed by atoms with Crippen LogP contribution in [0.25, 0.3) is 0 Å². The lowest BCUT2D eigenvalue weighted by atomic mass is 9.77. The summed E-state index contributed by atoms with van der Waals surface area (Å²) in [6, 6.07) is 16.6. The smallest absolute Gasteiger partial charge is 0.142 e. The number of anilines is 1. The average molecular weight is 323 g/mol. The Labute approximate surface area is 146 Å². The summed E-state index contributed by atoms with van der Waals surface area (Å²) >= 11 is 0. The van der Waals surface area contributed by atoms with Crippen molar-refractivity contribution in [3.8, 4) is 5.75 Å². The molecule has 0 amide bonds. The Kier molecular flexibility index (Phi) is 5.79. The zero-order chi connectivity index (χ0) is 16.8. The molecule has 0 atom stereocenters. The minimum atomic E-state index is 0.562. The van der Waals surface area contributed by atoms with Crippen molar-refractivity contribution in [1.29, 1.82) is 0 Å². The first kappa shape index (κ1) is 16.9. The molecule has 0 unspecified atom stereocenters. The van der Waals surface area contributed by atoms with Gasteiger partial charge in [-0.2, -0.15) is 0 Å². The number of nitrogens with two attached hydrogens (primary N) is 1. The van der Waals surface area contributed by atoms with Crippen LogP contribution in [0.15, 0.2) is 48.5 Å². The fourth-order valence-electron chi connectivity index (χ4n) is 3.88. The van der Waals surface area contributed by atoms with E-state index in [1.807, 2.05) is 24.3 Å². The number of hydrogen-bond acceptors (Lipinski definition) is 2. The Morgan fingerprint density at radius 2 is 1.75 bits per heavy atom. The molecule has 2 heteroatoms. The van der Waals surface area contributed by atoms with E-state index in [1.54, 1.807) is 0 Å². The Hall–Kier alpha value is -1.96. The Morgan fingerprint density at radius 1 is 1.00 bits per heavy atom. The van der Waals surface area contributed by atoms with E-state index in [-0.39, 0.29) is 0 Å². The molecule has 2 nitrogen and oxygen atoms in total. The maximum atomic E-state index is 6.24. The van der Waals surface area contributed by atoms with E-state index in [0.717, 1.165) is 22.9 Å². The monoisotopic (exact) mass is 323 g/mol. The van der Waals surface area contributed by atoms with Gasteiger partial charge in [0.1, 0.15) is 12.4 Å². The Morgan fingerprint density at radius 3 is 2.42 bits per heavy atom. The van der Waals surface area contributed by atoms with Crippen molar-refractivity contribution in [2.24, 2.45) is 5.92 Å². The highest BCUT2D eigenvalue weighted by Gasteiger charge is 2.22. The Balaban J connectivity index is 1.58. The van der Waals surface area contributed by atoms with Gasteiger partial charge in [-0.05, 0) is 60.8 Å². The van der Waals surface area contributed by atoms with Crippen molar-refractivity contribution in [2.75, 3.05) is 5.73 Å². The van der Waals surface area contributed by atoms with E-state index < -0.39 is 0 Å². The lowest BCUT2D eigenvalue weighted by molar-refractivity contribution is 0.304. The normalized spacial score (nSPS) is 20.7. The van der Waals surface area contributed by atoms with Gasteiger partial charge in [-0.25, -0.2) is 0 Å². The molecule has 0 saturated heterocycles. The molecule has 0 spiro atoms. The molecule has 0 heterocycles. The van der Waals surface area contributed by atoms with Crippen molar-refractivity contribution in [3.63, 3.8) is 0 Å². The van der Waals surface area contributed by atoms with E-state index in [1.165, 1.54) is 44.1 Å². The minimum absolute atomic E-state index is 0.562. The molecule has 0 radical (unpaired) electrons. The van der Waals surface area contributed by atoms with Gasteiger partial charge in [0.15, 0.2) is 0 Å². The highest BCUT2D eigenvalue weighted by atomic mass is 16.5. The third kappa shape index (κ3) is 4.31. The zero-order valence-electron chi connectivity index (χ0n) is 14.7. The standard InChI is InChI=1S/C22H29NO/c1-2-6-17-9-11-19(12-10-17)20-13-14-22(21(23)15-20)24-16-18-7-4-3-5-8-18/h3-5,7-8,13-15,17,19H,2,6,9-12,16,23H2,1H3/t17-,19-. The van der Waals surface area contributed by atoms with Crippen LogP contribution in [0.3, 0.4) is 0 Å². The van der Waals surface area contributed by atoms with E-state index in [9.17, 15) is 0 Å². The fourth-order valence-corrected chi connectivity index (χ4v) is 3.88. The fraction of sp³-hybridized carbons (Fsp3) is 0.455. The van der Waals surface area contributed by atoms with Gasteiger partial charge in [0.25, 0.3) is 0 Å². The molecule has 3 rings (SSSR count). The molecule has 1 aliphatic rings. The van der Waals surface area contributed by atoms with Crippen LogP contribution in [0.5, 0.6) is 5.75 Å². The average Bonchev–Trinajstić information content (AvgIpc) is 2.62. The van der Waals surface area contributed by atoms with E-state index >= 15 is 0 Å². The number of benzene rings is 2. The molecular formula is C22H29NO. The first-order valence-electron chi connectivity index (χ1n) is 9.32. The summed E-state index contributed by atoms with van der Waals surface area (Å²) in [7, 11) is 0. The summed E-state index contributed by atoms with van der Waals surface area (Å²) in [4.78, 5) is 0. The van der Waals surface area contributed by atoms with Gasteiger partial charge in [-0.15, -0.1) is 0 Å². The van der Waals surface area contributed by atoms with Crippen LogP contribution in [0.1, 0.15) is 62.5 Å². The molecule has 1 saturated carbocycles. The maximum absolute atomic E-state index is 6.24. The summed E-state index contributed by atoms with van der Waals surface area (Å²) < 4.78 is 5.89. The highest BCUT2D eigenvalue weighted by molar-refractivity contribution is 5.55. The van der Waals surface area contributed by atoms with Gasteiger partial charge in [0.05, 0.1) is 5.69 Å². The maximum Gasteiger partial charge on any atom is 0.142 e. The Bertz CT molecular complexity index is 630. The number of rotatable bonds is 6. The molecule has 24 heavy (non-hydrogen) atoms. The SMILES string of the molecule is CCC[C@H]1CC[C@H](c2ccc(OCc3ccccc3)c(N)c2)CC1. The van der Waals surface area contributed by atoms with Crippen LogP contribution in [0, 0.1) is 5.92 Å². The molecule has 0 bridgehead atoms. The van der Waals surface area contributed by atoms with Gasteiger partial charge in [0.2, 0.25) is 0 Å². The molecule has 2 N–H and O–H groups in total. The minimum Gasteiger partial charge on any atom is -0.487 e. The van der Waals surface area contributed by atoms with Crippen LogP contribution in [0.4, 0.5) is 5.69 Å². The van der Waals surface area contributed by atoms with Crippen LogP contribution in [-0.4, -0.2) is 0 Å². The summed E-state index contributed by atoms with van der Waals surface area (Å²) in [5.74, 6) is 2.41. The molecule has 2 aromatic carbocycles. The molecule has 1 fully saturated rings. The number of nitrogen functional groups attached to an aromatic ring is 1. The lowest BCUT2D eigenvalue weighted by Gasteiger charge is -2.29. The van der Waals surface area contributed by atoms with Crippen LogP contribution in [0.2, 0.25) is 0 Å². The van der Waals surface area contributed by atoms with Crippen LogP contribution < -0.4 is 10.5 Å². The van der Waals surface area contributed by atoms with Crippen molar-refractivity contribution >= 4 is 5.69 Å². The largest absolute Gasteiger partial charge is 0.487 e. The van der Waals surface area contributed by atoms with Crippen molar-refractivity contribution in [1.82, 2.24) is 0 Å². The van der Waals surface area contributed by atoms with Crippen LogP contribution in [-0.2, 0) is 6.61 Å². The predicted molar refractivity (Wildman–Crippen MR) is 101 cm³/mol. The highest BCUT2D eigenvalue weighted by Crippen LogP contribution is 2.39. The molecule has 0 aromatic heterocycles. The second kappa shape index (κ2) is 8.23. The molecule has 2 aromatic rings. The van der Waals surface area contributed by atoms with Gasteiger partial charge in [0, 0.05) is 0 Å². The van der Waals surface area contributed by atoms with Gasteiger partial charge < -0.3 is 10.5 Å². The predicted octanol–water partition coefficient (Wildman–Crippen LogP) is 5.92. The first-order valence-corrected chi connectivity index (χ1v) is 9.32. The van der Waals surface area contributed by atoms with Gasteiger partial charge in [-0.1, -0.05) is 56.2 Å². The van der Waals surface area contributed by atoms with Crippen molar-refractivity contribution < 1.29 is 4.74 Å². The van der Waals surface area contributed by atoms with E-state index in [0.29, 0.717) is 12.5 Å². The molecule has 1 aliphatic carbocycles. The third-order valence-corrected chi connectivity index (χ3v) is 5.29. The lowest BCUT2D eigenvalue weighted by Crippen LogP contribution is -2.13. The summed E-state index contributed by atoms with van der Waals surface area (Å²) in [6.45, 7) is 2.85. The van der Waals surface area contributed by atoms with Gasteiger partial charge >= 0.3 is 0 Å². The quantitative estimate of drug-likeness (QED) is 0.669. The van der Waals surface area contributed by atoms with E-state index in [4.69, 9.17) is 10.5 Å². The molecular weight excluding hydrogens is 294 g/mol. The van der Waals surface area contributed by atoms with Gasteiger partial charge in [-0.3, -0.25) is 0 Å². The second-order valence-electron chi connectivity index (χ2n) is 7.08. The van der Waals surface area contributed by atoms with Crippen molar-refractivity contribution in [3.05, 3.63) is 59.7 Å². The van der Waals surface area contributed by atoms with E-state index in [2.05, 4.69) is 31.2 Å². The zero-order valence-corrected chi connectivity index (χ0v) is 14.7. The topological polar surface area (TPSA) is 35.2 Å². The van der Waals surface area contributed by atoms with Crippen molar-refractivity contribution in [2.45, 2.75) is 58.0 Å². The number of ether oxygens (including phenoxy) is 1. The molecule has 128 valence electrons. The number of hydrogen-bond donors (Lipinski definition) is 1. The first-order chi connectivity index (χ1) is 11.8. The summed E-state index contributed by atoms with van der Waals surface area (Å²) in [6.07, 6.45) is 8.04. The molecule has 0 aliphatic heterocycles. The third-order valence-electron chi connectivity index (χ3n) is 5.29. The second-order valence-corrected chi connectivity index (χ2v) is 7.08. The summed E-state index contributed by atoms with van der Waals surface area (Å²) in [5, 5.41) is 0. The summed E-state index contributed by atoms with van der Waals surface area (Å²) in [5.41, 5.74) is 9.55. The van der Waals surface area contributed by atoms with Crippen LogP contribution >= 0.6 is 0 Å².